The minimum absolute atomic E-state index is 0.347. The molecule has 144 valence electrons. The highest BCUT2D eigenvalue weighted by atomic mass is 35.7. The molecule has 2 aromatic heterocycles. The summed E-state index contributed by atoms with van der Waals surface area (Å²) in [5, 5.41) is 12.3. The lowest BCUT2D eigenvalue weighted by Gasteiger charge is -2.36. The third-order valence-corrected chi connectivity index (χ3v) is 5.94. The van der Waals surface area contributed by atoms with Crippen molar-refractivity contribution >= 4 is 21.8 Å². The van der Waals surface area contributed by atoms with E-state index in [9.17, 15) is 5.11 Å². The van der Waals surface area contributed by atoms with E-state index >= 15 is 0 Å². The average Bonchev–Trinajstić information content (AvgIpc) is 3.00. The molecule has 27 heavy (non-hydrogen) atoms. The smallest absolute Gasteiger partial charge is 0.206 e. The van der Waals surface area contributed by atoms with Crippen LogP contribution in [0.15, 0.2) is 36.5 Å². The molecule has 8 heteroatoms. The van der Waals surface area contributed by atoms with Crippen molar-refractivity contribution < 1.29 is 38.6 Å². The van der Waals surface area contributed by atoms with Gasteiger partial charge in [-0.25, -0.2) is 18.6 Å². The molecule has 5 rings (SSSR count). The number of hydrogen-bond donors (Lipinski definition) is 2. The summed E-state index contributed by atoms with van der Waals surface area (Å²) in [4.78, 5) is 3.64. The number of aromatic amines is 1. The maximum Gasteiger partial charge on any atom is 0.206 e. The molecule has 2 bridgehead atoms. The molecule has 0 saturated heterocycles. The number of halogens is 1. The first-order chi connectivity index (χ1) is 12.8. The fraction of sp³-hybridized carbons (Fsp3) is 0.421. The zero-order valence-corrected chi connectivity index (χ0v) is 15.4. The van der Waals surface area contributed by atoms with Crippen LogP contribution < -0.4 is 23.2 Å². The summed E-state index contributed by atoms with van der Waals surface area (Å²) in [5.74, 6) is 1.13. The van der Waals surface area contributed by atoms with E-state index in [1.54, 1.807) is 0 Å². The van der Waals surface area contributed by atoms with E-state index in [-0.39, 0.29) is 0 Å². The summed E-state index contributed by atoms with van der Waals surface area (Å²) in [6.07, 6.45) is 6.98. The molecule has 1 fully saturated rings. The van der Waals surface area contributed by atoms with Gasteiger partial charge in [0.2, 0.25) is 5.69 Å². The zero-order chi connectivity index (χ0) is 19.2. The standard InChI is InChI=1S/C19H20N2O.ClHO4/c22-11-12-5-6-14-9-13(12)10-18-19-16(7-8-21(14)18)15-3-1-2-4-17(15)20-19;2-1(3,4)5/h1-4,7-8,12-14,22H,5-6,9-11H2;(H,2,3,4,5)/t12-,13-,14+;/m0./s1. The van der Waals surface area contributed by atoms with Crippen LogP contribution in [0.5, 0.6) is 0 Å². The third-order valence-electron chi connectivity index (χ3n) is 5.94. The Morgan fingerprint density at radius 1 is 1.07 bits per heavy atom. The van der Waals surface area contributed by atoms with Gasteiger partial charge in [0.05, 0.1) is 0 Å². The van der Waals surface area contributed by atoms with Gasteiger partial charge in [0, 0.05) is 48.2 Å². The summed E-state index contributed by atoms with van der Waals surface area (Å²) in [7, 11) is -4.94. The molecule has 7 nitrogen and oxygen atoms in total. The van der Waals surface area contributed by atoms with Gasteiger partial charge < -0.3 is 10.1 Å². The van der Waals surface area contributed by atoms with Crippen molar-refractivity contribution in [3.05, 3.63) is 42.2 Å². The number of aromatic nitrogens is 2. The normalized spacial score (nSPS) is 24.4. The lowest BCUT2D eigenvalue weighted by atomic mass is 9.72. The summed E-state index contributed by atoms with van der Waals surface area (Å²) in [6.45, 7) is 0.347. The second-order valence-electron chi connectivity index (χ2n) is 7.38. The SMILES string of the molecule is OC[C@@H]1CC[C@@H]2C[C@H]1Cc1c3[nH]c4ccccc4c3cc[n+]12.[O-][Cl+3]([O-])([O-])[O-]. The van der Waals surface area contributed by atoms with Gasteiger partial charge in [0.25, 0.3) is 0 Å². The molecule has 0 radical (unpaired) electrons. The highest BCUT2D eigenvalue weighted by Gasteiger charge is 2.42. The molecule has 1 aliphatic carbocycles. The van der Waals surface area contributed by atoms with Crippen molar-refractivity contribution in [2.45, 2.75) is 31.7 Å². The van der Waals surface area contributed by atoms with Crippen molar-refractivity contribution in [2.24, 2.45) is 11.8 Å². The highest BCUT2D eigenvalue weighted by molar-refractivity contribution is 6.07. The molecule has 3 heterocycles. The molecular weight excluding hydrogens is 372 g/mol. The van der Waals surface area contributed by atoms with Crippen LogP contribution >= 0.6 is 0 Å². The molecule has 0 spiro atoms. The van der Waals surface area contributed by atoms with Gasteiger partial charge in [-0.15, -0.1) is 10.2 Å². The van der Waals surface area contributed by atoms with Crippen LogP contribution in [0.4, 0.5) is 0 Å². The highest BCUT2D eigenvalue weighted by Crippen LogP contribution is 2.40. The monoisotopic (exact) mass is 392 g/mol. The van der Waals surface area contributed by atoms with Crippen LogP contribution in [0.3, 0.4) is 0 Å². The molecule has 2 N–H and O–H groups in total. The van der Waals surface area contributed by atoms with Gasteiger partial charge >= 0.3 is 0 Å². The number of hydrogen-bond acceptors (Lipinski definition) is 5. The Balaban J connectivity index is 0.000000323. The van der Waals surface area contributed by atoms with E-state index in [0.717, 1.165) is 6.42 Å². The zero-order valence-electron chi connectivity index (χ0n) is 14.6. The Hall–Kier alpha value is -1.74. The van der Waals surface area contributed by atoms with Crippen LogP contribution in [0.1, 0.15) is 31.0 Å². The average molecular weight is 393 g/mol. The summed E-state index contributed by atoms with van der Waals surface area (Å²) >= 11 is 0. The van der Waals surface area contributed by atoms with Crippen LogP contribution in [0.25, 0.3) is 21.8 Å². The van der Waals surface area contributed by atoms with E-state index in [4.69, 9.17) is 18.6 Å². The fourth-order valence-electron chi connectivity index (χ4n) is 4.78. The maximum absolute atomic E-state index is 9.66. The Labute approximate surface area is 158 Å². The van der Waals surface area contributed by atoms with Gasteiger partial charge in [0.1, 0.15) is 5.52 Å². The van der Waals surface area contributed by atoms with Crippen molar-refractivity contribution in [2.75, 3.05) is 6.61 Å². The molecule has 0 unspecified atom stereocenters. The number of rotatable bonds is 1. The topological polar surface area (TPSA) is 132 Å². The summed E-state index contributed by atoms with van der Waals surface area (Å²) in [6, 6.07) is 11.5. The lowest BCUT2D eigenvalue weighted by molar-refractivity contribution is -2.00. The minimum atomic E-state index is -4.94. The number of fused-ring (bicyclic) bond motifs is 8. The van der Waals surface area contributed by atoms with Crippen molar-refractivity contribution in [1.82, 2.24) is 4.98 Å². The Morgan fingerprint density at radius 2 is 1.81 bits per heavy atom. The van der Waals surface area contributed by atoms with Crippen molar-refractivity contribution in [3.8, 4) is 0 Å². The predicted octanol–water partition coefficient (Wildman–Crippen LogP) is -1.64. The third kappa shape index (κ3) is 3.67. The van der Waals surface area contributed by atoms with Gasteiger partial charge in [0.15, 0.2) is 12.2 Å². The molecule has 3 atom stereocenters. The second kappa shape index (κ2) is 7.01. The number of pyridine rings is 1. The number of para-hydroxylation sites is 1. The number of nitrogens with zero attached hydrogens (tertiary/aromatic N) is 1. The number of aliphatic hydroxyl groups excluding tert-OH is 1. The van der Waals surface area contributed by atoms with E-state index < -0.39 is 10.2 Å². The number of benzene rings is 1. The molecule has 1 aromatic carbocycles. The van der Waals surface area contributed by atoms with E-state index in [0.29, 0.717) is 24.5 Å². The van der Waals surface area contributed by atoms with Crippen molar-refractivity contribution in [1.29, 1.82) is 0 Å². The predicted molar refractivity (Wildman–Crippen MR) is 86.7 cm³/mol. The van der Waals surface area contributed by atoms with E-state index in [1.165, 1.54) is 46.8 Å². The first-order valence-corrected chi connectivity index (χ1v) is 10.2. The maximum atomic E-state index is 9.66. The molecule has 1 aliphatic heterocycles. The molecular formula is C19H21ClN2O5. The van der Waals surface area contributed by atoms with Gasteiger partial charge in [-0.2, -0.15) is 4.57 Å². The first kappa shape index (κ1) is 18.6. The molecule has 0 amide bonds. The van der Waals surface area contributed by atoms with E-state index in [2.05, 4.69) is 46.1 Å². The summed E-state index contributed by atoms with van der Waals surface area (Å²) in [5.41, 5.74) is 3.96. The molecule has 1 saturated carbocycles. The number of aliphatic hydroxyl groups is 1. The molecule has 3 aromatic rings. The summed E-state index contributed by atoms with van der Waals surface area (Å²) < 4.78 is 36.5. The van der Waals surface area contributed by atoms with Crippen molar-refractivity contribution in [3.63, 3.8) is 0 Å². The van der Waals surface area contributed by atoms with Crippen LogP contribution in [-0.2, 0) is 6.42 Å². The lowest BCUT2D eigenvalue weighted by Crippen LogP contribution is -2.68. The quantitative estimate of drug-likeness (QED) is 0.479. The van der Waals surface area contributed by atoms with Gasteiger partial charge in [-0.05, 0) is 24.3 Å². The second-order valence-corrected chi connectivity index (χ2v) is 8.14. The van der Waals surface area contributed by atoms with Gasteiger partial charge in [-0.1, -0.05) is 18.2 Å². The molecule has 2 aliphatic rings. The van der Waals surface area contributed by atoms with Gasteiger partial charge in [-0.3, -0.25) is 0 Å². The Kier molecular flexibility index (Phi) is 4.84. The van der Waals surface area contributed by atoms with Crippen LogP contribution in [-0.4, -0.2) is 16.7 Å². The number of nitrogens with one attached hydrogen (secondary N) is 1. The number of H-pyrrole nitrogens is 1. The largest absolute Gasteiger partial charge is 0.396 e. The van der Waals surface area contributed by atoms with Crippen LogP contribution in [0.2, 0.25) is 0 Å². The first-order valence-electron chi connectivity index (χ1n) is 9.01. The van der Waals surface area contributed by atoms with Crippen LogP contribution in [0, 0.1) is 22.1 Å². The minimum Gasteiger partial charge on any atom is -0.396 e. The van der Waals surface area contributed by atoms with E-state index in [1.807, 2.05) is 0 Å². The fourth-order valence-corrected chi connectivity index (χ4v) is 4.78. The Bertz CT molecular complexity index is 962. The Morgan fingerprint density at radius 3 is 2.56 bits per heavy atom.